The average Bonchev–Trinajstić information content (AvgIpc) is 3.11. The molecule has 3 saturated heterocycles. The smallest absolute Gasteiger partial charge is 0.253 e. The summed E-state index contributed by atoms with van der Waals surface area (Å²) >= 11 is 0. The summed E-state index contributed by atoms with van der Waals surface area (Å²) in [5, 5.41) is 0. The number of piperidine rings is 2. The van der Waals surface area contributed by atoms with Gasteiger partial charge in [0.15, 0.2) is 0 Å². The third-order valence-corrected chi connectivity index (χ3v) is 6.09. The standard InChI is InChI=1S/C19H27N3O2/c23-18(16-2-9-20-10-3-16)22-11-4-17(5-12-22)21-13-7-19(8-14-21)6-1-15-24-19/h2-3,9-10,17H,1,4-8,11-15H2. The van der Waals surface area contributed by atoms with Crippen molar-refractivity contribution in [1.82, 2.24) is 14.8 Å². The fraction of sp³-hybridized carbons (Fsp3) is 0.684. The zero-order valence-electron chi connectivity index (χ0n) is 14.3. The van der Waals surface area contributed by atoms with Gasteiger partial charge in [0.25, 0.3) is 5.91 Å². The fourth-order valence-electron chi connectivity index (χ4n) is 4.56. The van der Waals surface area contributed by atoms with Crippen LogP contribution in [0.1, 0.15) is 48.9 Å². The van der Waals surface area contributed by atoms with E-state index in [1.54, 1.807) is 24.5 Å². The number of likely N-dealkylation sites (tertiary alicyclic amines) is 2. The number of nitrogens with zero attached hydrogens (tertiary/aromatic N) is 3. The molecule has 5 heteroatoms. The number of hydrogen-bond acceptors (Lipinski definition) is 4. The summed E-state index contributed by atoms with van der Waals surface area (Å²) in [5.41, 5.74) is 0.955. The molecule has 3 fully saturated rings. The van der Waals surface area contributed by atoms with Gasteiger partial charge in [-0.1, -0.05) is 0 Å². The van der Waals surface area contributed by atoms with Crippen LogP contribution in [0.4, 0.5) is 0 Å². The van der Waals surface area contributed by atoms with Crippen molar-refractivity contribution in [2.75, 3.05) is 32.8 Å². The van der Waals surface area contributed by atoms with Crippen molar-refractivity contribution < 1.29 is 9.53 Å². The summed E-state index contributed by atoms with van der Waals surface area (Å²) in [6.07, 6.45) is 10.4. The lowest BCUT2D eigenvalue weighted by Gasteiger charge is -2.44. The molecule has 1 aromatic heterocycles. The van der Waals surface area contributed by atoms with Crippen LogP contribution < -0.4 is 0 Å². The fourth-order valence-corrected chi connectivity index (χ4v) is 4.56. The van der Waals surface area contributed by atoms with E-state index in [1.165, 1.54) is 25.7 Å². The molecule has 4 rings (SSSR count). The van der Waals surface area contributed by atoms with E-state index in [4.69, 9.17) is 4.74 Å². The molecule has 0 radical (unpaired) electrons. The number of hydrogen-bond donors (Lipinski definition) is 0. The van der Waals surface area contributed by atoms with E-state index in [9.17, 15) is 4.79 Å². The topological polar surface area (TPSA) is 45.7 Å². The van der Waals surface area contributed by atoms with Crippen LogP contribution in [0.15, 0.2) is 24.5 Å². The second-order valence-electron chi connectivity index (χ2n) is 7.43. The third-order valence-electron chi connectivity index (χ3n) is 6.09. The van der Waals surface area contributed by atoms with E-state index >= 15 is 0 Å². The minimum Gasteiger partial charge on any atom is -0.375 e. The molecule has 5 nitrogen and oxygen atoms in total. The molecular weight excluding hydrogens is 302 g/mol. The highest BCUT2D eigenvalue weighted by atomic mass is 16.5. The van der Waals surface area contributed by atoms with Crippen molar-refractivity contribution in [3.05, 3.63) is 30.1 Å². The van der Waals surface area contributed by atoms with Gasteiger partial charge in [-0.25, -0.2) is 0 Å². The average molecular weight is 329 g/mol. The Morgan fingerprint density at radius 2 is 1.79 bits per heavy atom. The van der Waals surface area contributed by atoms with E-state index < -0.39 is 0 Å². The van der Waals surface area contributed by atoms with Crippen molar-refractivity contribution in [2.24, 2.45) is 0 Å². The number of pyridine rings is 1. The first-order valence-electron chi connectivity index (χ1n) is 9.33. The third kappa shape index (κ3) is 3.20. The first-order valence-corrected chi connectivity index (χ1v) is 9.33. The van der Waals surface area contributed by atoms with Gasteiger partial charge < -0.3 is 14.5 Å². The summed E-state index contributed by atoms with van der Waals surface area (Å²) in [7, 11) is 0. The Morgan fingerprint density at radius 1 is 1.08 bits per heavy atom. The lowest BCUT2D eigenvalue weighted by molar-refractivity contribution is -0.0547. The van der Waals surface area contributed by atoms with Gasteiger partial charge in [-0.05, 0) is 50.7 Å². The maximum Gasteiger partial charge on any atom is 0.253 e. The van der Waals surface area contributed by atoms with Crippen LogP contribution in [0.25, 0.3) is 0 Å². The summed E-state index contributed by atoms with van der Waals surface area (Å²) in [4.78, 5) is 21.1. The van der Waals surface area contributed by atoms with Crippen molar-refractivity contribution in [3.8, 4) is 0 Å². The molecule has 0 bridgehead atoms. The van der Waals surface area contributed by atoms with Gasteiger partial charge in [0, 0.05) is 56.8 Å². The Balaban J connectivity index is 1.28. The molecule has 24 heavy (non-hydrogen) atoms. The number of carbonyl (C=O) groups excluding carboxylic acids is 1. The number of amides is 1. The van der Waals surface area contributed by atoms with E-state index in [2.05, 4.69) is 9.88 Å². The highest BCUT2D eigenvalue weighted by molar-refractivity contribution is 5.94. The van der Waals surface area contributed by atoms with Crippen LogP contribution in [-0.4, -0.2) is 65.1 Å². The molecule has 3 aliphatic heterocycles. The van der Waals surface area contributed by atoms with E-state index in [0.717, 1.165) is 51.2 Å². The maximum absolute atomic E-state index is 12.5. The first-order chi connectivity index (χ1) is 11.8. The molecule has 0 aromatic carbocycles. The predicted molar refractivity (Wildman–Crippen MR) is 91.9 cm³/mol. The molecule has 1 amide bonds. The van der Waals surface area contributed by atoms with Gasteiger partial charge in [0.05, 0.1) is 5.60 Å². The van der Waals surface area contributed by atoms with Crippen molar-refractivity contribution in [3.63, 3.8) is 0 Å². The Bertz CT molecular complexity index is 553. The van der Waals surface area contributed by atoms with Crippen molar-refractivity contribution in [2.45, 2.75) is 50.2 Å². The summed E-state index contributed by atoms with van der Waals surface area (Å²) in [6.45, 7) is 5.00. The number of aromatic nitrogens is 1. The van der Waals surface area contributed by atoms with Crippen LogP contribution in [0.5, 0.6) is 0 Å². The second-order valence-corrected chi connectivity index (χ2v) is 7.43. The molecule has 3 aliphatic rings. The monoisotopic (exact) mass is 329 g/mol. The maximum atomic E-state index is 12.5. The van der Waals surface area contributed by atoms with Gasteiger partial charge in [-0.3, -0.25) is 9.78 Å². The molecule has 0 atom stereocenters. The van der Waals surface area contributed by atoms with E-state index in [1.807, 2.05) is 4.90 Å². The van der Waals surface area contributed by atoms with Crippen LogP contribution in [0, 0.1) is 0 Å². The molecule has 130 valence electrons. The van der Waals surface area contributed by atoms with E-state index in [0.29, 0.717) is 6.04 Å². The molecule has 1 aromatic rings. The highest BCUT2D eigenvalue weighted by Gasteiger charge is 2.40. The quantitative estimate of drug-likeness (QED) is 0.835. The molecule has 0 N–H and O–H groups in total. The van der Waals surface area contributed by atoms with Crippen LogP contribution >= 0.6 is 0 Å². The van der Waals surface area contributed by atoms with Gasteiger partial charge in [-0.15, -0.1) is 0 Å². The normalized spacial score (nSPS) is 25.2. The molecule has 0 saturated carbocycles. The van der Waals surface area contributed by atoms with Crippen LogP contribution in [0.2, 0.25) is 0 Å². The second kappa shape index (κ2) is 6.81. The molecular formula is C19H27N3O2. The number of ether oxygens (including phenoxy) is 1. The zero-order valence-corrected chi connectivity index (χ0v) is 14.3. The van der Waals surface area contributed by atoms with Gasteiger partial charge in [-0.2, -0.15) is 0 Å². The van der Waals surface area contributed by atoms with E-state index in [-0.39, 0.29) is 11.5 Å². The van der Waals surface area contributed by atoms with Gasteiger partial charge in [0.1, 0.15) is 0 Å². The Labute approximate surface area is 144 Å². The Morgan fingerprint density at radius 3 is 2.42 bits per heavy atom. The Hall–Kier alpha value is -1.46. The van der Waals surface area contributed by atoms with Crippen molar-refractivity contribution >= 4 is 5.91 Å². The Kier molecular flexibility index (Phi) is 4.55. The summed E-state index contributed by atoms with van der Waals surface area (Å²) in [5.74, 6) is 0.146. The molecule has 0 unspecified atom stereocenters. The summed E-state index contributed by atoms with van der Waals surface area (Å²) in [6, 6.07) is 4.24. The van der Waals surface area contributed by atoms with Gasteiger partial charge in [0.2, 0.25) is 0 Å². The van der Waals surface area contributed by atoms with Crippen molar-refractivity contribution in [1.29, 1.82) is 0 Å². The summed E-state index contributed by atoms with van der Waals surface area (Å²) < 4.78 is 6.03. The predicted octanol–water partition coefficient (Wildman–Crippen LogP) is 2.33. The number of rotatable bonds is 2. The largest absolute Gasteiger partial charge is 0.375 e. The van der Waals surface area contributed by atoms with Crippen LogP contribution in [-0.2, 0) is 4.74 Å². The van der Waals surface area contributed by atoms with Crippen LogP contribution in [0.3, 0.4) is 0 Å². The minimum absolute atomic E-state index is 0.146. The molecule has 0 aliphatic carbocycles. The SMILES string of the molecule is O=C(c1ccncc1)N1CCC(N2CCC3(CCCO3)CC2)CC1. The number of carbonyl (C=O) groups is 1. The first kappa shape index (κ1) is 16.0. The highest BCUT2D eigenvalue weighted by Crippen LogP contribution is 2.36. The minimum atomic E-state index is 0.146. The van der Waals surface area contributed by atoms with Gasteiger partial charge >= 0.3 is 0 Å². The lowest BCUT2D eigenvalue weighted by atomic mass is 9.87. The lowest BCUT2D eigenvalue weighted by Crippen LogP contribution is -2.52. The molecule has 4 heterocycles. The molecule has 1 spiro atoms. The zero-order chi connectivity index (χ0) is 16.4.